The molecule has 1 heterocycles. The zero-order chi connectivity index (χ0) is 19.4. The van der Waals surface area contributed by atoms with Crippen LogP contribution in [0.15, 0.2) is 0 Å². The van der Waals surface area contributed by atoms with Crippen LogP contribution in [-0.4, -0.2) is 117 Å². The standard InChI is InChI=1S/C19H45N7/c1-4-6-23-8-12-25(16-18(2)21)14-10-24(7-5-20)11-15-26(13-9-23)17-19(3)22/h18-19H,4-17,20-22H2,1-3H3/t18-,19-/m1/s1. The summed E-state index contributed by atoms with van der Waals surface area (Å²) in [6, 6.07) is 0.430. The molecule has 26 heavy (non-hydrogen) atoms. The highest BCUT2D eigenvalue weighted by atomic mass is 15.3. The number of rotatable bonds is 8. The Bertz CT molecular complexity index is 290. The van der Waals surface area contributed by atoms with Gasteiger partial charge >= 0.3 is 0 Å². The van der Waals surface area contributed by atoms with Crippen molar-refractivity contribution in [3.05, 3.63) is 0 Å². The molecule has 0 aromatic carbocycles. The molecule has 6 N–H and O–H groups in total. The summed E-state index contributed by atoms with van der Waals surface area (Å²) in [6.07, 6.45) is 1.20. The Morgan fingerprint density at radius 3 is 1.31 bits per heavy atom. The van der Waals surface area contributed by atoms with Crippen LogP contribution in [0.2, 0.25) is 0 Å². The minimum atomic E-state index is 0.215. The van der Waals surface area contributed by atoms with Gasteiger partial charge in [0.25, 0.3) is 0 Å². The molecule has 0 spiro atoms. The summed E-state index contributed by atoms with van der Waals surface area (Å²) in [4.78, 5) is 10.1. The SMILES string of the molecule is CCCN1CCN(C[C@@H](C)N)CCN(CCN)CCN(C[C@@H](C)N)CC1. The van der Waals surface area contributed by atoms with E-state index in [9.17, 15) is 0 Å². The first kappa shape index (κ1) is 23.8. The molecule has 7 nitrogen and oxygen atoms in total. The van der Waals surface area contributed by atoms with Gasteiger partial charge in [-0.3, -0.25) is 14.7 Å². The molecular formula is C19H45N7. The van der Waals surface area contributed by atoms with Crippen LogP contribution in [-0.2, 0) is 0 Å². The first-order valence-electron chi connectivity index (χ1n) is 10.5. The normalized spacial score (nSPS) is 23.3. The van der Waals surface area contributed by atoms with E-state index in [1.54, 1.807) is 0 Å². The molecule has 1 fully saturated rings. The molecule has 0 aliphatic carbocycles. The van der Waals surface area contributed by atoms with Gasteiger partial charge in [-0.15, -0.1) is 0 Å². The second kappa shape index (κ2) is 13.8. The molecule has 0 bridgehead atoms. The average Bonchev–Trinajstić information content (AvgIpc) is 2.56. The lowest BCUT2D eigenvalue weighted by Gasteiger charge is -2.35. The molecule has 0 amide bonds. The third-order valence-corrected chi connectivity index (χ3v) is 5.01. The monoisotopic (exact) mass is 371 g/mol. The Morgan fingerprint density at radius 2 is 1.00 bits per heavy atom. The predicted molar refractivity (Wildman–Crippen MR) is 112 cm³/mol. The summed E-state index contributed by atoms with van der Waals surface area (Å²) in [5.74, 6) is 0. The van der Waals surface area contributed by atoms with E-state index in [2.05, 4.69) is 40.4 Å². The molecule has 7 heteroatoms. The average molecular weight is 372 g/mol. The van der Waals surface area contributed by atoms with Gasteiger partial charge in [0.2, 0.25) is 0 Å². The summed E-state index contributed by atoms with van der Waals surface area (Å²) >= 11 is 0. The highest BCUT2D eigenvalue weighted by Gasteiger charge is 2.17. The fraction of sp³-hybridized carbons (Fsp3) is 1.00. The van der Waals surface area contributed by atoms with Crippen LogP contribution >= 0.6 is 0 Å². The van der Waals surface area contributed by atoms with Crippen molar-refractivity contribution in [2.75, 3.05) is 85.1 Å². The van der Waals surface area contributed by atoms with Crippen LogP contribution in [0.1, 0.15) is 27.2 Å². The molecule has 0 saturated carbocycles. The molecule has 1 aliphatic rings. The summed E-state index contributed by atoms with van der Waals surface area (Å²) in [7, 11) is 0. The van der Waals surface area contributed by atoms with Gasteiger partial charge in [-0.1, -0.05) is 6.92 Å². The first-order valence-corrected chi connectivity index (χ1v) is 10.5. The van der Waals surface area contributed by atoms with E-state index in [1.807, 2.05) is 0 Å². The highest BCUT2D eigenvalue weighted by Crippen LogP contribution is 2.02. The Labute approximate surface area is 161 Å². The van der Waals surface area contributed by atoms with Crippen molar-refractivity contribution < 1.29 is 0 Å². The molecule has 1 rings (SSSR count). The van der Waals surface area contributed by atoms with Crippen molar-refractivity contribution in [1.29, 1.82) is 0 Å². The second-order valence-electron chi connectivity index (χ2n) is 8.03. The Kier molecular flexibility index (Phi) is 12.6. The predicted octanol–water partition coefficient (Wildman–Crippen LogP) is -0.729. The maximum atomic E-state index is 6.08. The molecule has 0 aromatic heterocycles. The Hall–Kier alpha value is -0.280. The maximum Gasteiger partial charge on any atom is 0.0139 e. The molecule has 156 valence electrons. The fourth-order valence-electron chi connectivity index (χ4n) is 3.70. The van der Waals surface area contributed by atoms with Crippen molar-refractivity contribution in [1.82, 2.24) is 19.6 Å². The van der Waals surface area contributed by atoms with E-state index in [1.165, 1.54) is 6.42 Å². The van der Waals surface area contributed by atoms with Gasteiger partial charge in [0, 0.05) is 90.6 Å². The smallest absolute Gasteiger partial charge is 0.0139 e. The minimum Gasteiger partial charge on any atom is -0.329 e. The molecule has 2 atom stereocenters. The molecule has 0 unspecified atom stereocenters. The fourth-order valence-corrected chi connectivity index (χ4v) is 3.70. The van der Waals surface area contributed by atoms with Crippen molar-refractivity contribution in [3.63, 3.8) is 0 Å². The Morgan fingerprint density at radius 1 is 0.654 bits per heavy atom. The van der Waals surface area contributed by atoms with Crippen LogP contribution in [0.25, 0.3) is 0 Å². The van der Waals surface area contributed by atoms with E-state index in [0.717, 1.165) is 78.5 Å². The number of hydrogen-bond donors (Lipinski definition) is 3. The summed E-state index contributed by atoms with van der Waals surface area (Å²) in [5, 5.41) is 0. The van der Waals surface area contributed by atoms with Crippen molar-refractivity contribution in [2.24, 2.45) is 17.2 Å². The van der Waals surface area contributed by atoms with E-state index in [-0.39, 0.29) is 12.1 Å². The van der Waals surface area contributed by atoms with Gasteiger partial charge in [0.05, 0.1) is 0 Å². The molecule has 0 radical (unpaired) electrons. The van der Waals surface area contributed by atoms with Crippen LogP contribution in [0.3, 0.4) is 0 Å². The van der Waals surface area contributed by atoms with Gasteiger partial charge in [-0.2, -0.15) is 0 Å². The topological polar surface area (TPSA) is 91.0 Å². The van der Waals surface area contributed by atoms with Crippen molar-refractivity contribution >= 4 is 0 Å². The van der Waals surface area contributed by atoms with E-state index in [0.29, 0.717) is 6.54 Å². The summed E-state index contributed by atoms with van der Waals surface area (Å²) in [6.45, 7) is 19.9. The minimum absolute atomic E-state index is 0.215. The molecular weight excluding hydrogens is 326 g/mol. The zero-order valence-corrected chi connectivity index (χ0v) is 17.6. The van der Waals surface area contributed by atoms with Gasteiger partial charge in [0.1, 0.15) is 0 Å². The van der Waals surface area contributed by atoms with Crippen LogP contribution in [0.4, 0.5) is 0 Å². The second-order valence-corrected chi connectivity index (χ2v) is 8.03. The lowest BCUT2D eigenvalue weighted by atomic mass is 10.2. The number of nitrogens with two attached hydrogens (primary N) is 3. The van der Waals surface area contributed by atoms with Gasteiger partial charge < -0.3 is 22.1 Å². The van der Waals surface area contributed by atoms with E-state index in [4.69, 9.17) is 17.2 Å². The third kappa shape index (κ3) is 10.8. The quantitative estimate of drug-likeness (QED) is 0.518. The van der Waals surface area contributed by atoms with E-state index < -0.39 is 0 Å². The molecule has 1 aliphatic heterocycles. The maximum absolute atomic E-state index is 6.08. The van der Waals surface area contributed by atoms with Gasteiger partial charge in [-0.05, 0) is 26.8 Å². The van der Waals surface area contributed by atoms with Crippen LogP contribution < -0.4 is 17.2 Å². The van der Waals surface area contributed by atoms with Crippen molar-refractivity contribution in [2.45, 2.75) is 39.3 Å². The number of nitrogens with zero attached hydrogens (tertiary/aromatic N) is 4. The Balaban J connectivity index is 2.76. The lowest BCUT2D eigenvalue weighted by Crippen LogP contribution is -2.49. The number of hydrogen-bond acceptors (Lipinski definition) is 7. The van der Waals surface area contributed by atoms with Gasteiger partial charge in [-0.25, -0.2) is 0 Å². The first-order chi connectivity index (χ1) is 12.4. The van der Waals surface area contributed by atoms with E-state index >= 15 is 0 Å². The van der Waals surface area contributed by atoms with Crippen LogP contribution in [0, 0.1) is 0 Å². The lowest BCUT2D eigenvalue weighted by molar-refractivity contribution is 0.130. The summed E-state index contributed by atoms with van der Waals surface area (Å²) in [5.41, 5.74) is 18.0. The van der Waals surface area contributed by atoms with Crippen molar-refractivity contribution in [3.8, 4) is 0 Å². The molecule has 0 aromatic rings. The molecule has 1 saturated heterocycles. The highest BCUT2D eigenvalue weighted by molar-refractivity contribution is 4.74. The largest absolute Gasteiger partial charge is 0.329 e. The van der Waals surface area contributed by atoms with Gasteiger partial charge in [0.15, 0.2) is 0 Å². The summed E-state index contributed by atoms with van der Waals surface area (Å²) < 4.78 is 0. The zero-order valence-electron chi connectivity index (χ0n) is 17.6. The van der Waals surface area contributed by atoms with Crippen LogP contribution in [0.5, 0.6) is 0 Å². The third-order valence-electron chi connectivity index (χ3n) is 5.01.